The van der Waals surface area contributed by atoms with Crippen molar-refractivity contribution in [1.29, 1.82) is 0 Å². The molecule has 1 N–H and O–H groups in total. The molecule has 0 spiro atoms. The Morgan fingerprint density at radius 2 is 1.83 bits per heavy atom. The van der Waals surface area contributed by atoms with Gasteiger partial charge in [-0.3, -0.25) is 4.79 Å². The number of rotatable bonds is 7. The van der Waals surface area contributed by atoms with Crippen LogP contribution in [-0.4, -0.2) is 32.9 Å². The van der Waals surface area contributed by atoms with Crippen LogP contribution in [0.4, 0.5) is 0 Å². The minimum absolute atomic E-state index is 0.131. The summed E-state index contributed by atoms with van der Waals surface area (Å²) in [6.45, 7) is -0.131. The monoisotopic (exact) mass is 392 g/mol. The molecule has 0 unspecified atom stereocenters. The fourth-order valence-electron chi connectivity index (χ4n) is 1.83. The zero-order valence-corrected chi connectivity index (χ0v) is 14.9. The lowest BCUT2D eigenvalue weighted by atomic mass is 10.2. The summed E-state index contributed by atoms with van der Waals surface area (Å²) >= 11 is 3.33. The number of benzene rings is 2. The molecule has 0 heterocycles. The molecule has 2 aromatic rings. The quantitative estimate of drug-likeness (QED) is 0.580. The van der Waals surface area contributed by atoms with E-state index in [2.05, 4.69) is 26.5 Å². The van der Waals surface area contributed by atoms with Gasteiger partial charge in [0.25, 0.3) is 5.91 Å². The van der Waals surface area contributed by atoms with Gasteiger partial charge in [0.15, 0.2) is 6.61 Å². The van der Waals surface area contributed by atoms with Crippen LogP contribution in [-0.2, 0) is 4.79 Å². The summed E-state index contributed by atoms with van der Waals surface area (Å²) in [6.07, 6.45) is 1.49. The molecule has 0 saturated carbocycles. The minimum atomic E-state index is -0.365. The molecule has 0 aliphatic carbocycles. The van der Waals surface area contributed by atoms with Crippen molar-refractivity contribution in [2.45, 2.75) is 0 Å². The first-order valence-electron chi connectivity index (χ1n) is 7.04. The highest BCUT2D eigenvalue weighted by atomic mass is 79.9. The van der Waals surface area contributed by atoms with E-state index in [0.29, 0.717) is 22.8 Å². The van der Waals surface area contributed by atoms with Crippen LogP contribution in [0.3, 0.4) is 0 Å². The SMILES string of the molecule is COc1ccc(OC)c(/C=N/NC(=O)COc2ccc(Br)cc2)c1. The molecule has 0 aromatic heterocycles. The molecule has 0 atom stereocenters. The molecule has 126 valence electrons. The molecule has 2 rings (SSSR count). The zero-order chi connectivity index (χ0) is 17.4. The first kappa shape index (κ1) is 17.8. The van der Waals surface area contributed by atoms with Crippen LogP contribution >= 0.6 is 15.9 Å². The maximum Gasteiger partial charge on any atom is 0.277 e. The van der Waals surface area contributed by atoms with Crippen molar-refractivity contribution in [2.75, 3.05) is 20.8 Å². The third-order valence-electron chi connectivity index (χ3n) is 3.01. The lowest BCUT2D eigenvalue weighted by molar-refractivity contribution is -0.123. The summed E-state index contributed by atoms with van der Waals surface area (Å²) in [6, 6.07) is 12.5. The van der Waals surface area contributed by atoms with E-state index in [1.165, 1.54) is 6.21 Å². The van der Waals surface area contributed by atoms with Gasteiger partial charge < -0.3 is 14.2 Å². The maximum atomic E-state index is 11.7. The van der Waals surface area contributed by atoms with Crippen LogP contribution in [0.5, 0.6) is 17.2 Å². The normalized spacial score (nSPS) is 10.5. The highest BCUT2D eigenvalue weighted by Gasteiger charge is 2.04. The maximum absolute atomic E-state index is 11.7. The molecule has 2 aromatic carbocycles. The van der Waals surface area contributed by atoms with Crippen LogP contribution in [0.15, 0.2) is 52.0 Å². The Labute approximate surface area is 148 Å². The fraction of sp³-hybridized carbons (Fsp3) is 0.176. The van der Waals surface area contributed by atoms with Crippen molar-refractivity contribution in [3.8, 4) is 17.2 Å². The lowest BCUT2D eigenvalue weighted by Gasteiger charge is -2.07. The summed E-state index contributed by atoms with van der Waals surface area (Å²) in [5.41, 5.74) is 3.09. The standard InChI is InChI=1S/C17H17BrN2O4/c1-22-15-7-8-16(23-2)12(9-15)10-19-20-17(21)11-24-14-5-3-13(18)4-6-14/h3-10H,11H2,1-2H3,(H,20,21)/b19-10+. The molecular weight excluding hydrogens is 376 g/mol. The molecule has 0 radical (unpaired) electrons. The molecule has 0 fully saturated rings. The van der Waals surface area contributed by atoms with Gasteiger partial charge in [-0.1, -0.05) is 15.9 Å². The highest BCUT2D eigenvalue weighted by molar-refractivity contribution is 9.10. The van der Waals surface area contributed by atoms with Gasteiger partial charge >= 0.3 is 0 Å². The zero-order valence-electron chi connectivity index (χ0n) is 13.3. The number of halogens is 1. The van der Waals surface area contributed by atoms with E-state index in [1.807, 2.05) is 12.1 Å². The Kier molecular flexibility index (Phi) is 6.62. The first-order valence-corrected chi connectivity index (χ1v) is 7.84. The topological polar surface area (TPSA) is 69.2 Å². The lowest BCUT2D eigenvalue weighted by Crippen LogP contribution is -2.24. The predicted octanol–water partition coefficient (Wildman–Crippen LogP) is 3.00. The van der Waals surface area contributed by atoms with E-state index in [1.54, 1.807) is 44.6 Å². The summed E-state index contributed by atoms with van der Waals surface area (Å²) < 4.78 is 16.7. The van der Waals surface area contributed by atoms with Crippen LogP contribution in [0.1, 0.15) is 5.56 Å². The average molecular weight is 393 g/mol. The van der Waals surface area contributed by atoms with Gasteiger partial charge in [-0.15, -0.1) is 0 Å². The Bertz CT molecular complexity index is 717. The largest absolute Gasteiger partial charge is 0.497 e. The summed E-state index contributed by atoms with van der Waals surface area (Å²) in [7, 11) is 3.13. The third-order valence-corrected chi connectivity index (χ3v) is 3.54. The Hall–Kier alpha value is -2.54. The number of ether oxygens (including phenoxy) is 3. The molecule has 7 heteroatoms. The first-order chi connectivity index (χ1) is 11.6. The number of hydrogen-bond donors (Lipinski definition) is 1. The number of carbonyl (C=O) groups is 1. The number of hydrazone groups is 1. The van der Waals surface area contributed by atoms with Gasteiger partial charge in [0, 0.05) is 10.0 Å². The smallest absolute Gasteiger partial charge is 0.277 e. The third kappa shape index (κ3) is 5.27. The van der Waals surface area contributed by atoms with Crippen LogP contribution in [0, 0.1) is 0 Å². The second-order valence-electron chi connectivity index (χ2n) is 4.64. The number of methoxy groups -OCH3 is 2. The van der Waals surface area contributed by atoms with Gasteiger partial charge in [-0.05, 0) is 42.5 Å². The van der Waals surface area contributed by atoms with E-state index in [4.69, 9.17) is 14.2 Å². The number of nitrogens with zero attached hydrogens (tertiary/aromatic N) is 1. The van der Waals surface area contributed by atoms with E-state index < -0.39 is 0 Å². The van der Waals surface area contributed by atoms with Gasteiger partial charge in [0.05, 0.1) is 20.4 Å². The summed E-state index contributed by atoms with van der Waals surface area (Å²) in [5.74, 6) is 1.53. The molecule has 0 aliphatic rings. The van der Waals surface area contributed by atoms with Crippen molar-refractivity contribution in [3.63, 3.8) is 0 Å². The Morgan fingerprint density at radius 1 is 1.12 bits per heavy atom. The van der Waals surface area contributed by atoms with Crippen LogP contribution in [0.2, 0.25) is 0 Å². The Morgan fingerprint density at radius 3 is 2.50 bits per heavy atom. The van der Waals surface area contributed by atoms with Gasteiger partial charge in [0.2, 0.25) is 0 Å². The van der Waals surface area contributed by atoms with Crippen LogP contribution in [0.25, 0.3) is 0 Å². The predicted molar refractivity (Wildman–Crippen MR) is 94.9 cm³/mol. The fourth-order valence-corrected chi connectivity index (χ4v) is 2.09. The van der Waals surface area contributed by atoms with Crippen molar-refractivity contribution in [1.82, 2.24) is 5.43 Å². The molecule has 0 saturated heterocycles. The molecular formula is C17H17BrN2O4. The summed E-state index contributed by atoms with van der Waals surface area (Å²) in [5, 5.41) is 3.90. The molecule has 0 aliphatic heterocycles. The number of carbonyl (C=O) groups excluding carboxylic acids is 1. The van der Waals surface area contributed by atoms with E-state index in [-0.39, 0.29) is 12.5 Å². The molecule has 24 heavy (non-hydrogen) atoms. The highest BCUT2D eigenvalue weighted by Crippen LogP contribution is 2.22. The molecule has 6 nitrogen and oxygen atoms in total. The van der Waals surface area contributed by atoms with Gasteiger partial charge in [0.1, 0.15) is 17.2 Å². The van der Waals surface area contributed by atoms with Crippen LogP contribution < -0.4 is 19.6 Å². The van der Waals surface area contributed by atoms with Crippen molar-refractivity contribution >= 4 is 28.1 Å². The van der Waals surface area contributed by atoms with Gasteiger partial charge in [-0.2, -0.15) is 5.10 Å². The average Bonchev–Trinajstić information content (AvgIpc) is 2.61. The van der Waals surface area contributed by atoms with E-state index in [0.717, 1.165) is 4.47 Å². The number of hydrogen-bond acceptors (Lipinski definition) is 5. The minimum Gasteiger partial charge on any atom is -0.497 e. The molecule has 1 amide bonds. The summed E-state index contributed by atoms with van der Waals surface area (Å²) in [4.78, 5) is 11.7. The van der Waals surface area contributed by atoms with Crippen molar-refractivity contribution < 1.29 is 19.0 Å². The Balaban J connectivity index is 1.89. The van der Waals surface area contributed by atoms with E-state index in [9.17, 15) is 4.79 Å². The second kappa shape index (κ2) is 8.93. The molecule has 0 bridgehead atoms. The van der Waals surface area contributed by atoms with Crippen molar-refractivity contribution in [3.05, 3.63) is 52.5 Å². The number of nitrogens with one attached hydrogen (secondary N) is 1. The van der Waals surface area contributed by atoms with E-state index >= 15 is 0 Å². The van der Waals surface area contributed by atoms with Crippen molar-refractivity contribution in [2.24, 2.45) is 5.10 Å². The van der Waals surface area contributed by atoms with Gasteiger partial charge in [-0.25, -0.2) is 5.43 Å². The second-order valence-corrected chi connectivity index (χ2v) is 5.56. The number of amides is 1.